The van der Waals surface area contributed by atoms with E-state index in [1.807, 2.05) is 23.1 Å². The number of rotatable bonds is 4. The van der Waals surface area contributed by atoms with Crippen LogP contribution in [-0.4, -0.2) is 58.0 Å². The van der Waals surface area contributed by atoms with E-state index >= 15 is 0 Å². The maximum atomic E-state index is 12.8. The Hall–Kier alpha value is -2.70. The van der Waals surface area contributed by atoms with Gasteiger partial charge in [0.25, 0.3) is 5.91 Å². The number of aromatic nitrogens is 3. The van der Waals surface area contributed by atoms with E-state index in [-0.39, 0.29) is 5.91 Å². The molecule has 4 rings (SSSR count). The van der Waals surface area contributed by atoms with E-state index in [1.54, 1.807) is 18.6 Å². The highest BCUT2D eigenvalue weighted by molar-refractivity contribution is 5.93. The summed E-state index contributed by atoms with van der Waals surface area (Å²) >= 11 is 0. The highest BCUT2D eigenvalue weighted by atomic mass is 16.2. The first-order valence-corrected chi connectivity index (χ1v) is 9.33. The zero-order valence-corrected chi connectivity index (χ0v) is 14.8. The average molecular weight is 352 g/mol. The number of hydrogen-bond acceptors (Lipinski definition) is 6. The number of nitrogens with one attached hydrogen (secondary N) is 1. The molecule has 0 unspecified atom stereocenters. The van der Waals surface area contributed by atoms with Crippen molar-refractivity contribution < 1.29 is 4.79 Å². The zero-order valence-electron chi connectivity index (χ0n) is 14.8. The molecule has 1 saturated heterocycles. The summed E-state index contributed by atoms with van der Waals surface area (Å²) in [7, 11) is 0. The van der Waals surface area contributed by atoms with Gasteiger partial charge in [-0.05, 0) is 31.0 Å². The molecule has 2 fully saturated rings. The first-order valence-electron chi connectivity index (χ1n) is 9.33. The second-order valence-corrected chi connectivity index (χ2v) is 6.88. The second kappa shape index (κ2) is 7.68. The summed E-state index contributed by atoms with van der Waals surface area (Å²) in [5.74, 6) is 0.717. The van der Waals surface area contributed by atoms with Gasteiger partial charge in [-0.25, -0.2) is 9.97 Å². The van der Waals surface area contributed by atoms with Crippen molar-refractivity contribution in [2.75, 3.05) is 36.4 Å². The molecule has 0 aromatic carbocycles. The van der Waals surface area contributed by atoms with E-state index in [4.69, 9.17) is 0 Å². The smallest absolute Gasteiger partial charge is 0.272 e. The fourth-order valence-corrected chi connectivity index (χ4v) is 3.67. The van der Waals surface area contributed by atoms with Crippen LogP contribution < -0.4 is 10.2 Å². The van der Waals surface area contributed by atoms with Gasteiger partial charge in [-0.3, -0.25) is 9.78 Å². The average Bonchev–Trinajstić information content (AvgIpc) is 3.21. The van der Waals surface area contributed by atoms with Crippen molar-refractivity contribution in [2.45, 2.75) is 31.7 Å². The Balaban J connectivity index is 1.37. The number of amides is 1. The molecule has 0 bridgehead atoms. The molecule has 2 aromatic rings. The van der Waals surface area contributed by atoms with Crippen LogP contribution in [0.3, 0.4) is 0 Å². The van der Waals surface area contributed by atoms with Crippen LogP contribution >= 0.6 is 0 Å². The molecular formula is C19H24N6O. The molecule has 0 radical (unpaired) electrons. The van der Waals surface area contributed by atoms with Crippen LogP contribution in [-0.2, 0) is 0 Å². The van der Waals surface area contributed by atoms with Gasteiger partial charge in [0.05, 0.1) is 0 Å². The van der Waals surface area contributed by atoms with E-state index in [0.29, 0.717) is 24.8 Å². The highest BCUT2D eigenvalue weighted by Crippen LogP contribution is 2.22. The Bertz CT molecular complexity index is 739. The fourth-order valence-electron chi connectivity index (χ4n) is 3.67. The number of pyridine rings is 1. The van der Waals surface area contributed by atoms with Gasteiger partial charge in [0.15, 0.2) is 0 Å². The van der Waals surface area contributed by atoms with Gasteiger partial charge in [0, 0.05) is 56.5 Å². The van der Waals surface area contributed by atoms with Gasteiger partial charge in [-0.2, -0.15) is 0 Å². The Morgan fingerprint density at radius 3 is 2.46 bits per heavy atom. The van der Waals surface area contributed by atoms with Crippen molar-refractivity contribution in [3.8, 4) is 0 Å². The quantitative estimate of drug-likeness (QED) is 0.909. The molecule has 1 N–H and O–H groups in total. The maximum Gasteiger partial charge on any atom is 0.272 e. The third-order valence-electron chi connectivity index (χ3n) is 5.11. The summed E-state index contributed by atoms with van der Waals surface area (Å²) in [4.78, 5) is 29.6. The van der Waals surface area contributed by atoms with Crippen molar-refractivity contribution >= 4 is 17.5 Å². The zero-order chi connectivity index (χ0) is 17.8. The molecule has 7 nitrogen and oxygen atoms in total. The SMILES string of the molecule is O=C(c1cc(NC2CCCC2)ccn1)N1CCN(c2ncccn2)CC1. The molecule has 0 spiro atoms. The molecule has 0 atom stereocenters. The first kappa shape index (κ1) is 16.8. The predicted octanol–water partition coefficient (Wildman–Crippen LogP) is 2.19. The molecule has 1 saturated carbocycles. The van der Waals surface area contributed by atoms with E-state index in [2.05, 4.69) is 25.2 Å². The summed E-state index contributed by atoms with van der Waals surface area (Å²) < 4.78 is 0. The number of hydrogen-bond donors (Lipinski definition) is 1. The lowest BCUT2D eigenvalue weighted by Gasteiger charge is -2.34. The largest absolute Gasteiger partial charge is 0.382 e. The number of carbonyl (C=O) groups excluding carboxylic acids is 1. The van der Waals surface area contributed by atoms with E-state index in [9.17, 15) is 4.79 Å². The van der Waals surface area contributed by atoms with Crippen molar-refractivity contribution in [1.29, 1.82) is 0 Å². The Labute approximate surface area is 153 Å². The van der Waals surface area contributed by atoms with Gasteiger partial charge < -0.3 is 15.1 Å². The summed E-state index contributed by atoms with van der Waals surface area (Å²) in [6.07, 6.45) is 10.2. The normalized spacial score (nSPS) is 18.2. The van der Waals surface area contributed by atoms with Gasteiger partial charge in [0.1, 0.15) is 5.69 Å². The third-order valence-corrected chi connectivity index (χ3v) is 5.11. The lowest BCUT2D eigenvalue weighted by molar-refractivity contribution is 0.0740. The van der Waals surface area contributed by atoms with Crippen LogP contribution in [0.5, 0.6) is 0 Å². The molecular weight excluding hydrogens is 328 g/mol. The Morgan fingerprint density at radius 1 is 1.00 bits per heavy atom. The predicted molar refractivity (Wildman–Crippen MR) is 100 cm³/mol. The number of nitrogens with zero attached hydrogens (tertiary/aromatic N) is 5. The van der Waals surface area contributed by atoms with Crippen molar-refractivity contribution in [3.05, 3.63) is 42.5 Å². The van der Waals surface area contributed by atoms with Gasteiger partial charge >= 0.3 is 0 Å². The molecule has 1 aliphatic carbocycles. The van der Waals surface area contributed by atoms with Crippen LogP contribution in [0.25, 0.3) is 0 Å². The fraction of sp³-hybridized carbons (Fsp3) is 0.474. The van der Waals surface area contributed by atoms with E-state index in [0.717, 1.165) is 24.7 Å². The molecule has 1 aliphatic heterocycles. The van der Waals surface area contributed by atoms with Crippen LogP contribution in [0.4, 0.5) is 11.6 Å². The molecule has 1 amide bonds. The summed E-state index contributed by atoms with van der Waals surface area (Å²) in [6, 6.07) is 6.16. The minimum atomic E-state index is -0.00583. The van der Waals surface area contributed by atoms with Crippen LogP contribution in [0.2, 0.25) is 0 Å². The molecule has 136 valence electrons. The summed E-state index contributed by atoms with van der Waals surface area (Å²) in [5.41, 5.74) is 1.50. The van der Waals surface area contributed by atoms with Crippen molar-refractivity contribution in [3.63, 3.8) is 0 Å². The minimum absolute atomic E-state index is 0.00583. The van der Waals surface area contributed by atoms with Crippen LogP contribution in [0, 0.1) is 0 Å². The molecule has 2 aliphatic rings. The monoisotopic (exact) mass is 352 g/mol. The lowest BCUT2D eigenvalue weighted by Crippen LogP contribution is -2.49. The first-order chi connectivity index (χ1) is 12.8. The number of anilines is 2. The standard InChI is InChI=1S/C19H24N6O/c26-18(17-14-16(6-9-20-17)23-15-4-1-2-5-15)24-10-12-25(13-11-24)19-21-7-3-8-22-19/h3,6-9,14-15H,1-2,4-5,10-13H2,(H,20,23). The van der Waals surface area contributed by atoms with Crippen LogP contribution in [0.1, 0.15) is 36.2 Å². The topological polar surface area (TPSA) is 74.2 Å². The maximum absolute atomic E-state index is 12.8. The third kappa shape index (κ3) is 3.76. The number of carbonyl (C=O) groups is 1. The summed E-state index contributed by atoms with van der Waals surface area (Å²) in [6.45, 7) is 2.77. The number of piperazine rings is 1. The molecule has 26 heavy (non-hydrogen) atoms. The molecule has 2 aromatic heterocycles. The summed E-state index contributed by atoms with van der Waals surface area (Å²) in [5, 5.41) is 3.53. The van der Waals surface area contributed by atoms with Gasteiger partial charge in [0.2, 0.25) is 5.95 Å². The van der Waals surface area contributed by atoms with Gasteiger partial charge in [-0.15, -0.1) is 0 Å². The lowest BCUT2D eigenvalue weighted by atomic mass is 10.2. The molecule has 7 heteroatoms. The highest BCUT2D eigenvalue weighted by Gasteiger charge is 2.24. The molecule has 3 heterocycles. The van der Waals surface area contributed by atoms with Crippen LogP contribution in [0.15, 0.2) is 36.8 Å². The second-order valence-electron chi connectivity index (χ2n) is 6.88. The van der Waals surface area contributed by atoms with E-state index < -0.39 is 0 Å². The minimum Gasteiger partial charge on any atom is -0.382 e. The Morgan fingerprint density at radius 2 is 1.73 bits per heavy atom. The Kier molecular flexibility index (Phi) is 4.95. The van der Waals surface area contributed by atoms with E-state index in [1.165, 1.54) is 25.7 Å². The van der Waals surface area contributed by atoms with Gasteiger partial charge in [-0.1, -0.05) is 12.8 Å². The van der Waals surface area contributed by atoms with Crippen molar-refractivity contribution in [2.24, 2.45) is 0 Å². The van der Waals surface area contributed by atoms with Crippen molar-refractivity contribution in [1.82, 2.24) is 19.9 Å².